The van der Waals surface area contributed by atoms with Gasteiger partial charge in [0.1, 0.15) is 0 Å². The van der Waals surface area contributed by atoms with Crippen LogP contribution in [0.1, 0.15) is 33.1 Å². The molecule has 2 fully saturated rings. The highest BCUT2D eigenvalue weighted by molar-refractivity contribution is 8.00. The second kappa shape index (κ2) is 7.61. The molecule has 0 aromatic rings. The van der Waals surface area contributed by atoms with Crippen LogP contribution in [0.3, 0.4) is 0 Å². The van der Waals surface area contributed by atoms with Gasteiger partial charge in [-0.05, 0) is 38.8 Å². The number of rotatable bonds is 3. The molecule has 106 valence electrons. The molecule has 2 saturated heterocycles. The molecule has 2 aliphatic rings. The Morgan fingerprint density at radius 3 is 2.89 bits per heavy atom. The SMILES string of the molecule is CC1SCCN(C(=O)CCC2CCNC2)C1C.Cl. The van der Waals surface area contributed by atoms with Gasteiger partial charge in [0.15, 0.2) is 0 Å². The standard InChI is InChI=1S/C13H24N2OS.ClH/c1-10-11(2)17-8-7-15(10)13(16)4-3-12-5-6-14-9-12;/h10-12,14H,3-9H2,1-2H3;1H. The molecule has 0 saturated carbocycles. The second-order valence-electron chi connectivity index (χ2n) is 5.30. The third kappa shape index (κ3) is 4.04. The number of halogens is 1. The average Bonchev–Trinajstić information content (AvgIpc) is 2.82. The van der Waals surface area contributed by atoms with Crippen LogP contribution < -0.4 is 5.32 Å². The lowest BCUT2D eigenvalue weighted by molar-refractivity contribution is -0.133. The first kappa shape index (κ1) is 16.1. The highest BCUT2D eigenvalue weighted by Gasteiger charge is 2.29. The molecule has 5 heteroatoms. The highest BCUT2D eigenvalue weighted by atomic mass is 35.5. The molecular weight excluding hydrogens is 268 g/mol. The van der Waals surface area contributed by atoms with Crippen LogP contribution in [0.25, 0.3) is 0 Å². The number of thioether (sulfide) groups is 1. The largest absolute Gasteiger partial charge is 0.338 e. The van der Waals surface area contributed by atoms with Crippen LogP contribution in [0.15, 0.2) is 0 Å². The van der Waals surface area contributed by atoms with Crippen LogP contribution in [-0.2, 0) is 4.79 Å². The van der Waals surface area contributed by atoms with Crippen molar-refractivity contribution < 1.29 is 4.79 Å². The number of amides is 1. The summed E-state index contributed by atoms with van der Waals surface area (Å²) in [6.07, 6.45) is 3.06. The highest BCUT2D eigenvalue weighted by Crippen LogP contribution is 2.25. The van der Waals surface area contributed by atoms with Crippen molar-refractivity contribution in [2.24, 2.45) is 5.92 Å². The smallest absolute Gasteiger partial charge is 0.222 e. The fourth-order valence-electron chi connectivity index (χ4n) is 2.72. The summed E-state index contributed by atoms with van der Waals surface area (Å²) in [7, 11) is 0. The van der Waals surface area contributed by atoms with E-state index >= 15 is 0 Å². The van der Waals surface area contributed by atoms with Crippen molar-refractivity contribution in [3.63, 3.8) is 0 Å². The predicted molar refractivity (Wildman–Crippen MR) is 80.6 cm³/mol. The van der Waals surface area contributed by atoms with Gasteiger partial charge in [0.2, 0.25) is 5.91 Å². The molecule has 18 heavy (non-hydrogen) atoms. The van der Waals surface area contributed by atoms with Gasteiger partial charge in [0.25, 0.3) is 0 Å². The zero-order valence-electron chi connectivity index (χ0n) is 11.4. The third-order valence-electron chi connectivity index (χ3n) is 4.13. The molecule has 1 amide bonds. The van der Waals surface area contributed by atoms with Crippen molar-refractivity contribution in [3.8, 4) is 0 Å². The summed E-state index contributed by atoms with van der Waals surface area (Å²) in [5.74, 6) is 2.20. The lowest BCUT2D eigenvalue weighted by Crippen LogP contribution is -2.48. The van der Waals surface area contributed by atoms with Gasteiger partial charge in [-0.2, -0.15) is 11.8 Å². The van der Waals surface area contributed by atoms with E-state index in [1.54, 1.807) is 0 Å². The molecule has 0 spiro atoms. The second-order valence-corrected chi connectivity index (χ2v) is 6.79. The number of carbonyl (C=O) groups excluding carboxylic acids is 1. The number of hydrogen-bond acceptors (Lipinski definition) is 3. The zero-order valence-corrected chi connectivity index (χ0v) is 13.0. The Morgan fingerprint density at radius 2 is 2.22 bits per heavy atom. The maximum atomic E-state index is 12.2. The van der Waals surface area contributed by atoms with Gasteiger partial charge in [0, 0.05) is 30.0 Å². The van der Waals surface area contributed by atoms with Crippen LogP contribution in [0, 0.1) is 5.92 Å². The molecule has 2 aliphatic heterocycles. The van der Waals surface area contributed by atoms with E-state index in [4.69, 9.17) is 0 Å². The molecular formula is C13H25ClN2OS. The Morgan fingerprint density at radius 1 is 1.44 bits per heavy atom. The Hall–Kier alpha value is 0.0700. The first-order valence-electron chi connectivity index (χ1n) is 6.80. The molecule has 3 nitrogen and oxygen atoms in total. The molecule has 0 radical (unpaired) electrons. The molecule has 0 bridgehead atoms. The molecule has 3 atom stereocenters. The first-order valence-corrected chi connectivity index (χ1v) is 7.85. The van der Waals surface area contributed by atoms with E-state index in [1.807, 2.05) is 11.8 Å². The molecule has 2 rings (SSSR count). The predicted octanol–water partition coefficient (Wildman–Crippen LogP) is 2.15. The Labute approximate surface area is 121 Å². The molecule has 0 aromatic carbocycles. The average molecular weight is 293 g/mol. The normalized spacial score (nSPS) is 32.1. The van der Waals surface area contributed by atoms with Gasteiger partial charge in [-0.1, -0.05) is 6.92 Å². The third-order valence-corrected chi connectivity index (χ3v) is 5.47. The van der Waals surface area contributed by atoms with Crippen LogP contribution in [0.2, 0.25) is 0 Å². The lowest BCUT2D eigenvalue weighted by atomic mass is 10.0. The maximum Gasteiger partial charge on any atom is 0.222 e. The van der Waals surface area contributed by atoms with Crippen molar-refractivity contribution in [1.82, 2.24) is 10.2 Å². The minimum atomic E-state index is 0. The van der Waals surface area contributed by atoms with Crippen molar-refractivity contribution in [3.05, 3.63) is 0 Å². The first-order chi connectivity index (χ1) is 8.18. The zero-order chi connectivity index (χ0) is 12.3. The summed E-state index contributed by atoms with van der Waals surface area (Å²) in [6, 6.07) is 0.406. The van der Waals surface area contributed by atoms with Gasteiger partial charge in [-0.25, -0.2) is 0 Å². The monoisotopic (exact) mass is 292 g/mol. The molecule has 0 aromatic heterocycles. The summed E-state index contributed by atoms with van der Waals surface area (Å²) in [6.45, 7) is 7.60. The van der Waals surface area contributed by atoms with E-state index in [1.165, 1.54) is 6.42 Å². The summed E-state index contributed by atoms with van der Waals surface area (Å²) >= 11 is 1.99. The van der Waals surface area contributed by atoms with Gasteiger partial charge >= 0.3 is 0 Å². The lowest BCUT2D eigenvalue weighted by Gasteiger charge is -2.37. The van der Waals surface area contributed by atoms with Crippen molar-refractivity contribution in [1.29, 1.82) is 0 Å². The van der Waals surface area contributed by atoms with Crippen molar-refractivity contribution in [2.45, 2.75) is 44.4 Å². The van der Waals surface area contributed by atoms with Crippen LogP contribution in [0.4, 0.5) is 0 Å². The quantitative estimate of drug-likeness (QED) is 0.865. The van der Waals surface area contributed by atoms with Crippen molar-refractivity contribution in [2.75, 3.05) is 25.4 Å². The molecule has 2 heterocycles. The van der Waals surface area contributed by atoms with E-state index in [2.05, 4.69) is 24.1 Å². The van der Waals surface area contributed by atoms with Crippen molar-refractivity contribution >= 4 is 30.1 Å². The van der Waals surface area contributed by atoms with E-state index in [-0.39, 0.29) is 12.4 Å². The number of hydrogen-bond donors (Lipinski definition) is 1. The van der Waals surface area contributed by atoms with E-state index in [0.29, 0.717) is 17.2 Å². The minimum Gasteiger partial charge on any atom is -0.338 e. The maximum absolute atomic E-state index is 12.2. The van der Waals surface area contributed by atoms with E-state index in [0.717, 1.165) is 44.1 Å². The summed E-state index contributed by atoms with van der Waals surface area (Å²) in [5.41, 5.74) is 0. The fraction of sp³-hybridized carbons (Fsp3) is 0.923. The Bertz CT molecular complexity index is 272. The van der Waals surface area contributed by atoms with Gasteiger partial charge in [-0.15, -0.1) is 12.4 Å². The summed E-state index contributed by atoms with van der Waals surface area (Å²) in [4.78, 5) is 14.3. The van der Waals surface area contributed by atoms with Gasteiger partial charge in [-0.3, -0.25) is 4.79 Å². The molecule has 1 N–H and O–H groups in total. The van der Waals surface area contributed by atoms with Crippen LogP contribution in [0.5, 0.6) is 0 Å². The van der Waals surface area contributed by atoms with E-state index in [9.17, 15) is 4.79 Å². The number of carbonyl (C=O) groups is 1. The van der Waals surface area contributed by atoms with Crippen LogP contribution >= 0.6 is 24.2 Å². The number of nitrogens with zero attached hydrogens (tertiary/aromatic N) is 1. The molecule has 3 unspecified atom stereocenters. The van der Waals surface area contributed by atoms with E-state index < -0.39 is 0 Å². The fourth-order valence-corrected chi connectivity index (χ4v) is 3.82. The van der Waals surface area contributed by atoms with Gasteiger partial charge < -0.3 is 10.2 Å². The van der Waals surface area contributed by atoms with Crippen LogP contribution in [-0.4, -0.2) is 47.5 Å². The Balaban J connectivity index is 0.00000162. The van der Waals surface area contributed by atoms with Gasteiger partial charge in [0.05, 0.1) is 0 Å². The summed E-state index contributed by atoms with van der Waals surface area (Å²) in [5, 5.41) is 3.95. The number of nitrogens with one attached hydrogen (secondary N) is 1. The molecule has 0 aliphatic carbocycles. The summed E-state index contributed by atoms with van der Waals surface area (Å²) < 4.78 is 0. The topological polar surface area (TPSA) is 32.3 Å². The minimum absolute atomic E-state index is 0. The Kier molecular flexibility index (Phi) is 6.82.